The van der Waals surface area contributed by atoms with Crippen LogP contribution in [0.1, 0.15) is 17.1 Å². The van der Waals surface area contributed by atoms with Crippen LogP contribution in [-0.2, 0) is 17.9 Å². The van der Waals surface area contributed by atoms with Crippen molar-refractivity contribution >= 4 is 17.0 Å². The molecule has 0 unspecified atom stereocenters. The maximum atomic E-state index is 12.6. The van der Waals surface area contributed by atoms with Crippen molar-refractivity contribution in [2.75, 3.05) is 14.2 Å². The van der Waals surface area contributed by atoms with Gasteiger partial charge in [0.25, 0.3) is 11.3 Å². The molecule has 0 spiro atoms. The average molecular weight is 372 g/mol. The molecule has 3 aromatic rings. The summed E-state index contributed by atoms with van der Waals surface area (Å²) in [6.07, 6.45) is 0. The summed E-state index contributed by atoms with van der Waals surface area (Å²) in [4.78, 5) is 29.2. The fourth-order valence-corrected chi connectivity index (χ4v) is 2.75. The number of aryl methyl sites for hydroxylation is 2. The minimum Gasteiger partial charge on any atom is -0.497 e. The number of fused-ring (bicyclic) bond motifs is 1. The molecule has 1 aromatic carbocycles. The van der Waals surface area contributed by atoms with Gasteiger partial charge in [-0.1, -0.05) is 5.16 Å². The van der Waals surface area contributed by atoms with Gasteiger partial charge in [0, 0.05) is 18.2 Å². The van der Waals surface area contributed by atoms with E-state index in [1.807, 2.05) is 6.07 Å². The molecule has 0 bridgehead atoms. The van der Waals surface area contributed by atoms with E-state index in [0.29, 0.717) is 23.0 Å². The van der Waals surface area contributed by atoms with E-state index in [1.165, 1.54) is 4.57 Å². The highest BCUT2D eigenvalue weighted by Crippen LogP contribution is 2.24. The quantitative estimate of drug-likeness (QED) is 0.695. The Morgan fingerprint density at radius 3 is 2.74 bits per heavy atom. The maximum Gasteiger partial charge on any atom is 0.267 e. The summed E-state index contributed by atoms with van der Waals surface area (Å²) in [7, 11) is 3.11. The van der Waals surface area contributed by atoms with E-state index in [0.717, 1.165) is 5.56 Å². The lowest BCUT2D eigenvalue weighted by Crippen LogP contribution is -2.33. The summed E-state index contributed by atoms with van der Waals surface area (Å²) in [6, 6.07) is 5.33. The lowest BCUT2D eigenvalue weighted by atomic mass is 10.2. The first-order valence-electron chi connectivity index (χ1n) is 8.25. The number of amides is 1. The number of hydrogen-bond acceptors (Lipinski definition) is 7. The highest BCUT2D eigenvalue weighted by atomic mass is 16.5. The number of nitrogens with one attached hydrogen (secondary N) is 1. The number of methoxy groups -OCH3 is 2. The molecule has 0 fully saturated rings. The van der Waals surface area contributed by atoms with Crippen molar-refractivity contribution in [1.82, 2.24) is 20.0 Å². The Kier molecular flexibility index (Phi) is 5.11. The van der Waals surface area contributed by atoms with E-state index >= 15 is 0 Å². The summed E-state index contributed by atoms with van der Waals surface area (Å²) in [5.41, 5.74) is 1.06. The van der Waals surface area contributed by atoms with Gasteiger partial charge in [-0.2, -0.15) is 4.98 Å². The van der Waals surface area contributed by atoms with E-state index in [2.05, 4.69) is 15.5 Å². The Bertz CT molecular complexity index is 1050. The highest BCUT2D eigenvalue weighted by Gasteiger charge is 2.17. The molecule has 0 saturated carbocycles. The summed E-state index contributed by atoms with van der Waals surface area (Å²) >= 11 is 0. The molecule has 1 N–H and O–H groups in total. The molecule has 2 heterocycles. The molecule has 0 aliphatic rings. The second-order valence-electron chi connectivity index (χ2n) is 5.95. The SMILES string of the molecule is COc1ccc(CNC(=O)Cn2c(C)nc3onc(C)c3c2=O)c(OC)c1. The van der Waals surface area contributed by atoms with Crippen LogP contribution in [0, 0.1) is 13.8 Å². The standard InChI is InChI=1S/C18H20N4O5/c1-10-16-17(27-21-10)20-11(2)22(18(16)24)9-15(23)19-8-12-5-6-13(25-3)7-14(12)26-4/h5-7H,8-9H2,1-4H3,(H,19,23). The van der Waals surface area contributed by atoms with Crippen LogP contribution in [0.25, 0.3) is 11.1 Å². The molecule has 0 aliphatic heterocycles. The third kappa shape index (κ3) is 3.62. The largest absolute Gasteiger partial charge is 0.497 e. The molecule has 0 aliphatic carbocycles. The molecule has 27 heavy (non-hydrogen) atoms. The Morgan fingerprint density at radius 2 is 2.04 bits per heavy atom. The lowest BCUT2D eigenvalue weighted by Gasteiger charge is -2.12. The van der Waals surface area contributed by atoms with Crippen LogP contribution in [0.15, 0.2) is 27.5 Å². The van der Waals surface area contributed by atoms with Crippen molar-refractivity contribution in [1.29, 1.82) is 0 Å². The zero-order valence-electron chi connectivity index (χ0n) is 15.5. The van der Waals surface area contributed by atoms with E-state index in [9.17, 15) is 9.59 Å². The summed E-state index contributed by atoms with van der Waals surface area (Å²) in [6.45, 7) is 3.39. The fraction of sp³-hybridized carbons (Fsp3) is 0.333. The second kappa shape index (κ2) is 7.48. The normalized spacial score (nSPS) is 10.8. The van der Waals surface area contributed by atoms with Crippen molar-refractivity contribution in [3.63, 3.8) is 0 Å². The topological polar surface area (TPSA) is 108 Å². The molecule has 3 rings (SSSR count). The average Bonchev–Trinajstić information content (AvgIpc) is 3.03. The van der Waals surface area contributed by atoms with Gasteiger partial charge in [-0.3, -0.25) is 14.2 Å². The number of ether oxygens (including phenoxy) is 2. The van der Waals surface area contributed by atoms with E-state index in [1.54, 1.807) is 40.2 Å². The lowest BCUT2D eigenvalue weighted by molar-refractivity contribution is -0.121. The minimum absolute atomic E-state index is 0.156. The van der Waals surface area contributed by atoms with Crippen LogP contribution < -0.4 is 20.3 Å². The van der Waals surface area contributed by atoms with Gasteiger partial charge in [0.1, 0.15) is 29.3 Å². The summed E-state index contributed by atoms with van der Waals surface area (Å²) in [5, 5.41) is 6.82. The number of carbonyl (C=O) groups is 1. The smallest absolute Gasteiger partial charge is 0.267 e. The van der Waals surface area contributed by atoms with Crippen LogP contribution in [-0.4, -0.2) is 34.8 Å². The van der Waals surface area contributed by atoms with E-state index in [-0.39, 0.29) is 35.7 Å². The first-order chi connectivity index (χ1) is 12.9. The Labute approximate surface area is 154 Å². The number of carbonyl (C=O) groups excluding carboxylic acids is 1. The molecule has 2 aromatic heterocycles. The molecule has 1 amide bonds. The molecule has 0 atom stereocenters. The predicted octanol–water partition coefficient (Wildman–Crippen LogP) is 1.33. The molecule has 0 saturated heterocycles. The Balaban J connectivity index is 1.76. The molecule has 9 heteroatoms. The van der Waals surface area contributed by atoms with Gasteiger partial charge in [-0.15, -0.1) is 0 Å². The van der Waals surface area contributed by atoms with Gasteiger partial charge in [0.05, 0.1) is 19.9 Å². The van der Waals surface area contributed by atoms with Gasteiger partial charge in [-0.05, 0) is 26.0 Å². The maximum absolute atomic E-state index is 12.6. The highest BCUT2D eigenvalue weighted by molar-refractivity contribution is 5.78. The van der Waals surface area contributed by atoms with Gasteiger partial charge < -0.3 is 19.3 Å². The number of nitrogens with zero attached hydrogens (tertiary/aromatic N) is 3. The molecular formula is C18H20N4O5. The van der Waals surface area contributed by atoms with Gasteiger partial charge in [-0.25, -0.2) is 0 Å². The number of benzene rings is 1. The second-order valence-corrected chi connectivity index (χ2v) is 5.95. The van der Waals surface area contributed by atoms with Gasteiger partial charge in [0.2, 0.25) is 5.91 Å². The third-order valence-electron chi connectivity index (χ3n) is 4.23. The van der Waals surface area contributed by atoms with Crippen molar-refractivity contribution < 1.29 is 18.8 Å². The van der Waals surface area contributed by atoms with Crippen LogP contribution in [0.3, 0.4) is 0 Å². The van der Waals surface area contributed by atoms with E-state index in [4.69, 9.17) is 14.0 Å². The third-order valence-corrected chi connectivity index (χ3v) is 4.23. The van der Waals surface area contributed by atoms with Crippen molar-refractivity contribution in [3.05, 3.63) is 45.6 Å². The zero-order valence-corrected chi connectivity index (χ0v) is 15.5. The molecule has 0 radical (unpaired) electrons. The van der Waals surface area contributed by atoms with E-state index < -0.39 is 0 Å². The molecule has 142 valence electrons. The minimum atomic E-state index is -0.353. The fourth-order valence-electron chi connectivity index (χ4n) is 2.75. The van der Waals surface area contributed by atoms with Crippen LogP contribution in [0.2, 0.25) is 0 Å². The first-order valence-corrected chi connectivity index (χ1v) is 8.25. The van der Waals surface area contributed by atoms with Crippen LogP contribution in [0.5, 0.6) is 11.5 Å². The van der Waals surface area contributed by atoms with Crippen LogP contribution >= 0.6 is 0 Å². The van der Waals surface area contributed by atoms with Crippen molar-refractivity contribution in [2.24, 2.45) is 0 Å². The monoisotopic (exact) mass is 372 g/mol. The number of aromatic nitrogens is 3. The van der Waals surface area contributed by atoms with Gasteiger partial charge in [0.15, 0.2) is 0 Å². The van der Waals surface area contributed by atoms with Crippen LogP contribution in [0.4, 0.5) is 0 Å². The number of rotatable bonds is 6. The first kappa shape index (κ1) is 18.4. The Morgan fingerprint density at radius 1 is 1.26 bits per heavy atom. The summed E-state index contributed by atoms with van der Waals surface area (Å²) in [5.74, 6) is 1.31. The predicted molar refractivity (Wildman–Crippen MR) is 96.9 cm³/mol. The van der Waals surface area contributed by atoms with Crippen molar-refractivity contribution in [2.45, 2.75) is 26.9 Å². The number of hydrogen-bond donors (Lipinski definition) is 1. The van der Waals surface area contributed by atoms with Crippen molar-refractivity contribution in [3.8, 4) is 11.5 Å². The Hall–Kier alpha value is -3.36. The summed E-state index contributed by atoms with van der Waals surface area (Å²) < 4.78 is 16.8. The molecular weight excluding hydrogens is 352 g/mol. The van der Waals surface area contributed by atoms with Gasteiger partial charge >= 0.3 is 0 Å². The zero-order chi connectivity index (χ0) is 19.6. The molecule has 9 nitrogen and oxygen atoms in total.